The van der Waals surface area contributed by atoms with Gasteiger partial charge in [-0.15, -0.1) is 0 Å². The molecule has 2 rings (SSSR count). The highest BCUT2D eigenvalue weighted by Crippen LogP contribution is 2.23. The normalized spacial score (nSPS) is 10.2. The van der Waals surface area contributed by atoms with Crippen LogP contribution in [0.5, 0.6) is 0 Å². The monoisotopic (exact) mass is 479 g/mol. The van der Waals surface area contributed by atoms with Gasteiger partial charge in [-0.2, -0.15) is 0 Å². The molecule has 2 aromatic carbocycles. The molecule has 0 spiro atoms. The molecule has 0 aromatic heterocycles. The van der Waals surface area contributed by atoms with E-state index >= 15 is 0 Å². The number of carboxylic acid groups (broad SMARTS) is 1. The molecule has 7 heteroatoms. The van der Waals surface area contributed by atoms with E-state index in [1.54, 1.807) is 18.2 Å². The second-order valence-electron chi connectivity index (χ2n) is 4.08. The number of carboxylic acids is 1. The minimum atomic E-state index is -1.12. The maximum atomic E-state index is 12.2. The van der Waals surface area contributed by atoms with Crippen LogP contribution in [0, 0.1) is 3.57 Å². The van der Waals surface area contributed by atoms with Gasteiger partial charge in [-0.1, -0.05) is 27.5 Å². The Balaban J connectivity index is 2.31. The smallest absolute Gasteiger partial charge is 0.337 e. The van der Waals surface area contributed by atoms with Crippen LogP contribution in [0.2, 0.25) is 5.02 Å². The molecule has 0 bridgehead atoms. The molecule has 0 saturated carbocycles. The fourth-order valence-electron chi connectivity index (χ4n) is 1.63. The number of halogens is 3. The van der Waals surface area contributed by atoms with E-state index in [-0.39, 0.29) is 11.3 Å². The van der Waals surface area contributed by atoms with E-state index in [0.29, 0.717) is 15.1 Å². The Morgan fingerprint density at radius 3 is 2.52 bits per heavy atom. The second kappa shape index (κ2) is 6.76. The maximum absolute atomic E-state index is 12.2. The second-order valence-corrected chi connectivity index (χ2v) is 6.56. The van der Waals surface area contributed by atoms with E-state index < -0.39 is 11.9 Å². The number of aromatic carboxylic acids is 1. The summed E-state index contributed by atoms with van der Waals surface area (Å²) in [5, 5.41) is 12.2. The Morgan fingerprint density at radius 2 is 1.90 bits per heavy atom. The van der Waals surface area contributed by atoms with Crippen LogP contribution >= 0.6 is 50.1 Å². The van der Waals surface area contributed by atoms with Crippen molar-refractivity contribution in [1.82, 2.24) is 0 Å². The highest BCUT2D eigenvalue weighted by atomic mass is 127. The summed E-state index contributed by atoms with van der Waals surface area (Å²) >= 11 is 11.2. The highest BCUT2D eigenvalue weighted by molar-refractivity contribution is 14.1. The topological polar surface area (TPSA) is 66.4 Å². The van der Waals surface area contributed by atoms with Crippen molar-refractivity contribution < 1.29 is 14.7 Å². The molecule has 4 nitrogen and oxygen atoms in total. The average Bonchev–Trinajstić information content (AvgIpc) is 2.43. The fourth-order valence-corrected chi connectivity index (χ4v) is 2.51. The van der Waals surface area contributed by atoms with Gasteiger partial charge < -0.3 is 10.4 Å². The first-order chi connectivity index (χ1) is 9.88. The van der Waals surface area contributed by atoms with Crippen LogP contribution in [-0.2, 0) is 0 Å². The van der Waals surface area contributed by atoms with Crippen LogP contribution in [0.15, 0.2) is 40.9 Å². The van der Waals surface area contributed by atoms with E-state index in [1.807, 2.05) is 0 Å². The number of hydrogen-bond acceptors (Lipinski definition) is 2. The molecule has 0 unspecified atom stereocenters. The number of amides is 1. The lowest BCUT2D eigenvalue weighted by atomic mass is 10.1. The zero-order chi connectivity index (χ0) is 15.6. The summed E-state index contributed by atoms with van der Waals surface area (Å²) in [7, 11) is 0. The largest absolute Gasteiger partial charge is 0.478 e. The zero-order valence-corrected chi connectivity index (χ0v) is 14.9. The van der Waals surface area contributed by atoms with Crippen LogP contribution in [0.4, 0.5) is 5.69 Å². The molecule has 0 aliphatic carbocycles. The average molecular weight is 480 g/mol. The first-order valence-electron chi connectivity index (χ1n) is 5.67. The highest BCUT2D eigenvalue weighted by Gasteiger charge is 2.14. The Labute approximate surface area is 147 Å². The minimum absolute atomic E-state index is 0.00864. The summed E-state index contributed by atoms with van der Waals surface area (Å²) in [5.74, 6) is -1.54. The lowest BCUT2D eigenvalue weighted by Crippen LogP contribution is -2.15. The summed E-state index contributed by atoms with van der Waals surface area (Å²) in [6, 6.07) is 9.50. The predicted molar refractivity (Wildman–Crippen MR) is 93.2 cm³/mol. The molecule has 108 valence electrons. The summed E-state index contributed by atoms with van der Waals surface area (Å²) in [6.07, 6.45) is 0. The van der Waals surface area contributed by atoms with Crippen molar-refractivity contribution in [2.24, 2.45) is 0 Å². The first-order valence-corrected chi connectivity index (χ1v) is 7.92. The molecule has 21 heavy (non-hydrogen) atoms. The summed E-state index contributed by atoms with van der Waals surface area (Å²) in [5.41, 5.74) is 0.597. The van der Waals surface area contributed by atoms with Crippen molar-refractivity contribution in [3.05, 3.63) is 60.6 Å². The molecule has 0 saturated heterocycles. The third-order valence-corrected chi connectivity index (χ3v) is 4.71. The molecular weight excluding hydrogens is 472 g/mol. The van der Waals surface area contributed by atoms with E-state index in [0.717, 1.165) is 3.57 Å². The van der Waals surface area contributed by atoms with Crippen molar-refractivity contribution in [3.63, 3.8) is 0 Å². The van der Waals surface area contributed by atoms with E-state index in [4.69, 9.17) is 16.7 Å². The molecule has 0 heterocycles. The van der Waals surface area contributed by atoms with Gasteiger partial charge in [0.05, 0.1) is 16.3 Å². The lowest BCUT2D eigenvalue weighted by molar-refractivity contribution is 0.0698. The van der Waals surface area contributed by atoms with Crippen LogP contribution in [-0.4, -0.2) is 17.0 Å². The Hall–Kier alpha value is -1.12. The van der Waals surface area contributed by atoms with E-state index in [9.17, 15) is 9.59 Å². The van der Waals surface area contributed by atoms with Crippen LogP contribution in [0.1, 0.15) is 20.7 Å². The van der Waals surface area contributed by atoms with Crippen molar-refractivity contribution in [2.75, 3.05) is 5.32 Å². The quantitative estimate of drug-likeness (QED) is 0.629. The minimum Gasteiger partial charge on any atom is -0.478 e. The summed E-state index contributed by atoms with van der Waals surface area (Å²) in [6.45, 7) is 0. The van der Waals surface area contributed by atoms with Crippen molar-refractivity contribution in [1.29, 1.82) is 0 Å². The molecular formula is C14H8BrClINO3. The number of benzene rings is 2. The molecule has 0 radical (unpaired) electrons. The maximum Gasteiger partial charge on any atom is 0.337 e. The van der Waals surface area contributed by atoms with Crippen LogP contribution in [0.3, 0.4) is 0 Å². The van der Waals surface area contributed by atoms with Gasteiger partial charge in [0.15, 0.2) is 0 Å². The molecule has 0 aliphatic rings. The number of carbonyl (C=O) groups excluding carboxylic acids is 1. The molecule has 1 amide bonds. The third-order valence-electron chi connectivity index (χ3n) is 2.64. The number of carbonyl (C=O) groups is 2. The van der Waals surface area contributed by atoms with Crippen LogP contribution in [0.25, 0.3) is 0 Å². The number of rotatable bonds is 3. The van der Waals surface area contributed by atoms with Crippen LogP contribution < -0.4 is 5.32 Å². The number of hydrogen-bond donors (Lipinski definition) is 2. The number of nitrogens with one attached hydrogen (secondary N) is 1. The fraction of sp³-hybridized carbons (Fsp3) is 0. The van der Waals surface area contributed by atoms with Gasteiger partial charge in [0, 0.05) is 13.6 Å². The lowest BCUT2D eigenvalue weighted by Gasteiger charge is -2.09. The summed E-state index contributed by atoms with van der Waals surface area (Å²) < 4.78 is 1.45. The first kappa shape index (κ1) is 16.3. The zero-order valence-electron chi connectivity index (χ0n) is 10.4. The predicted octanol–water partition coefficient (Wildman–Crippen LogP) is 4.66. The van der Waals surface area contributed by atoms with Crippen molar-refractivity contribution in [3.8, 4) is 0 Å². The van der Waals surface area contributed by atoms with Gasteiger partial charge in [-0.3, -0.25) is 4.79 Å². The SMILES string of the molecule is O=C(Nc1ccc(Br)cc1C(=O)O)c1ccc(I)c(Cl)c1. The molecule has 0 atom stereocenters. The Bertz CT molecular complexity index is 736. The van der Waals surface area contributed by atoms with E-state index in [2.05, 4.69) is 43.8 Å². The number of anilines is 1. The molecule has 0 aliphatic heterocycles. The van der Waals surface area contributed by atoms with Crippen molar-refractivity contribution >= 4 is 67.7 Å². The van der Waals surface area contributed by atoms with Gasteiger partial charge in [-0.05, 0) is 59.0 Å². The Morgan fingerprint density at radius 1 is 1.19 bits per heavy atom. The van der Waals surface area contributed by atoms with Gasteiger partial charge >= 0.3 is 5.97 Å². The third kappa shape index (κ3) is 3.96. The standard InChI is InChI=1S/C14H8BrClINO3/c15-8-2-4-12(9(6-8)14(20)21)18-13(19)7-1-3-11(17)10(16)5-7/h1-6H,(H,18,19)(H,20,21). The van der Waals surface area contributed by atoms with Crippen molar-refractivity contribution in [2.45, 2.75) is 0 Å². The Kier molecular flexibility index (Phi) is 5.23. The summed E-state index contributed by atoms with van der Waals surface area (Å²) in [4.78, 5) is 23.4. The molecule has 2 N–H and O–H groups in total. The molecule has 0 fully saturated rings. The van der Waals surface area contributed by atoms with Gasteiger partial charge in [0.1, 0.15) is 0 Å². The van der Waals surface area contributed by atoms with E-state index in [1.165, 1.54) is 18.2 Å². The van der Waals surface area contributed by atoms with Gasteiger partial charge in [0.2, 0.25) is 0 Å². The van der Waals surface area contributed by atoms with Gasteiger partial charge in [-0.25, -0.2) is 4.79 Å². The molecule has 2 aromatic rings. The van der Waals surface area contributed by atoms with Gasteiger partial charge in [0.25, 0.3) is 5.91 Å².